The minimum absolute atomic E-state index is 0.0488. The van der Waals surface area contributed by atoms with E-state index in [-0.39, 0.29) is 12.0 Å². The maximum atomic E-state index is 9.50. The third-order valence-electron chi connectivity index (χ3n) is 4.83. The molecule has 0 fully saturated rings. The fraction of sp³-hybridized carbons (Fsp3) is 0.400. The number of aliphatic hydroxyl groups excluding tert-OH is 1. The molecule has 0 radical (unpaired) electrons. The summed E-state index contributed by atoms with van der Waals surface area (Å²) < 4.78 is 3.66. The average molecular weight is 364 g/mol. The summed E-state index contributed by atoms with van der Waals surface area (Å²) in [6, 6.07) is 5.89. The molecule has 0 bridgehead atoms. The van der Waals surface area contributed by atoms with Crippen molar-refractivity contribution in [2.75, 3.05) is 0 Å². The third-order valence-corrected chi connectivity index (χ3v) is 4.83. The monoisotopic (exact) mass is 364 g/mol. The second-order valence-corrected chi connectivity index (χ2v) is 7.95. The lowest BCUT2D eigenvalue weighted by molar-refractivity contribution is 0.273. The van der Waals surface area contributed by atoms with Gasteiger partial charge in [-0.25, -0.2) is 19.0 Å². The predicted molar refractivity (Wildman–Crippen MR) is 103 cm³/mol. The number of aromatic nitrogens is 6. The summed E-state index contributed by atoms with van der Waals surface area (Å²) in [7, 11) is 0. The van der Waals surface area contributed by atoms with Crippen LogP contribution in [0.2, 0.25) is 0 Å². The summed E-state index contributed by atoms with van der Waals surface area (Å²) >= 11 is 0. The molecule has 140 valence electrons. The number of hydrogen-bond donors (Lipinski definition) is 1. The molecule has 0 aromatic carbocycles. The Balaban J connectivity index is 1.67. The normalized spacial score (nSPS) is 12.5. The van der Waals surface area contributed by atoms with E-state index in [1.807, 2.05) is 22.8 Å². The summed E-state index contributed by atoms with van der Waals surface area (Å²) in [6.45, 7) is 8.38. The van der Waals surface area contributed by atoms with Crippen LogP contribution in [0, 0.1) is 0 Å². The van der Waals surface area contributed by atoms with E-state index in [0.29, 0.717) is 5.92 Å². The second kappa shape index (κ2) is 6.42. The molecule has 0 unspecified atom stereocenters. The smallest absolute Gasteiger partial charge is 0.155 e. The van der Waals surface area contributed by atoms with Crippen LogP contribution in [0.4, 0.5) is 0 Å². The molecule has 0 saturated carbocycles. The summed E-state index contributed by atoms with van der Waals surface area (Å²) in [4.78, 5) is 9.00. The van der Waals surface area contributed by atoms with Gasteiger partial charge in [0.1, 0.15) is 0 Å². The molecule has 0 aliphatic heterocycles. The second-order valence-electron chi connectivity index (χ2n) is 7.95. The van der Waals surface area contributed by atoms with E-state index in [2.05, 4.69) is 60.1 Å². The van der Waals surface area contributed by atoms with Gasteiger partial charge in [0.25, 0.3) is 0 Å². The molecule has 4 aromatic heterocycles. The Labute approximate surface area is 157 Å². The zero-order valence-electron chi connectivity index (χ0n) is 16.1. The lowest BCUT2D eigenvalue weighted by atomic mass is 9.86. The lowest BCUT2D eigenvalue weighted by Gasteiger charge is -2.22. The van der Waals surface area contributed by atoms with E-state index in [0.717, 1.165) is 40.4 Å². The largest absolute Gasteiger partial charge is 0.390 e. The molecule has 7 heteroatoms. The van der Waals surface area contributed by atoms with E-state index < -0.39 is 0 Å². The lowest BCUT2D eigenvalue weighted by Crippen LogP contribution is -2.25. The molecule has 0 amide bonds. The number of nitrogens with zero attached hydrogens (tertiary/aromatic N) is 6. The molecule has 0 atom stereocenters. The van der Waals surface area contributed by atoms with Crippen LogP contribution in [-0.4, -0.2) is 34.3 Å². The van der Waals surface area contributed by atoms with Gasteiger partial charge in [0.2, 0.25) is 0 Å². The average Bonchev–Trinajstić information content (AvgIpc) is 3.22. The summed E-state index contributed by atoms with van der Waals surface area (Å²) in [5.41, 5.74) is 3.51. The molecular formula is C20H24N6O. The van der Waals surface area contributed by atoms with Gasteiger partial charge >= 0.3 is 0 Å². The highest BCUT2D eigenvalue weighted by molar-refractivity contribution is 5.48. The molecule has 0 saturated heterocycles. The minimum Gasteiger partial charge on any atom is -0.390 e. The summed E-state index contributed by atoms with van der Waals surface area (Å²) in [5.74, 6) is 1.87. The van der Waals surface area contributed by atoms with Crippen molar-refractivity contribution in [2.24, 2.45) is 0 Å². The van der Waals surface area contributed by atoms with Crippen LogP contribution in [0.25, 0.3) is 11.0 Å². The quantitative estimate of drug-likeness (QED) is 0.589. The molecule has 7 nitrogen and oxygen atoms in total. The van der Waals surface area contributed by atoms with Gasteiger partial charge in [0, 0.05) is 17.5 Å². The maximum absolute atomic E-state index is 9.50. The molecule has 0 spiro atoms. The van der Waals surface area contributed by atoms with E-state index in [9.17, 15) is 5.11 Å². The predicted octanol–water partition coefficient (Wildman–Crippen LogP) is 2.91. The van der Waals surface area contributed by atoms with E-state index in [1.54, 1.807) is 10.7 Å². The van der Waals surface area contributed by atoms with E-state index in [4.69, 9.17) is 0 Å². The summed E-state index contributed by atoms with van der Waals surface area (Å²) in [5, 5.41) is 18.8. The van der Waals surface area contributed by atoms with Crippen LogP contribution in [-0.2, 0) is 18.4 Å². The van der Waals surface area contributed by atoms with E-state index in [1.165, 1.54) is 0 Å². The van der Waals surface area contributed by atoms with Crippen molar-refractivity contribution in [2.45, 2.75) is 52.1 Å². The molecule has 4 rings (SSSR count). The van der Waals surface area contributed by atoms with Crippen molar-refractivity contribution in [1.82, 2.24) is 29.2 Å². The van der Waals surface area contributed by atoms with Gasteiger partial charge < -0.3 is 5.11 Å². The van der Waals surface area contributed by atoms with Crippen LogP contribution in [0.1, 0.15) is 56.5 Å². The van der Waals surface area contributed by atoms with Crippen molar-refractivity contribution in [3.63, 3.8) is 0 Å². The highest BCUT2D eigenvalue weighted by atomic mass is 16.3. The van der Waals surface area contributed by atoms with Gasteiger partial charge in [0.15, 0.2) is 11.6 Å². The van der Waals surface area contributed by atoms with Crippen LogP contribution < -0.4 is 0 Å². The Morgan fingerprint density at radius 3 is 2.59 bits per heavy atom. The van der Waals surface area contributed by atoms with Crippen LogP contribution in [0.5, 0.6) is 0 Å². The van der Waals surface area contributed by atoms with Gasteiger partial charge in [-0.3, -0.25) is 0 Å². The number of aliphatic hydroxyl groups is 1. The van der Waals surface area contributed by atoms with Crippen LogP contribution >= 0.6 is 0 Å². The fourth-order valence-corrected chi connectivity index (χ4v) is 3.31. The van der Waals surface area contributed by atoms with Gasteiger partial charge in [-0.1, -0.05) is 27.7 Å². The van der Waals surface area contributed by atoms with Crippen molar-refractivity contribution in [3.8, 4) is 0 Å². The molecule has 27 heavy (non-hydrogen) atoms. The zero-order valence-corrected chi connectivity index (χ0v) is 16.1. The van der Waals surface area contributed by atoms with Gasteiger partial charge in [-0.2, -0.15) is 10.2 Å². The number of fused-ring (bicyclic) bond motifs is 2. The molecule has 1 N–H and O–H groups in total. The first-order valence-electron chi connectivity index (χ1n) is 9.16. The van der Waals surface area contributed by atoms with Gasteiger partial charge in [-0.05, 0) is 30.2 Å². The Morgan fingerprint density at radius 2 is 1.85 bits per heavy atom. The van der Waals surface area contributed by atoms with Crippen LogP contribution in [0.15, 0.2) is 36.8 Å². The van der Waals surface area contributed by atoms with Crippen molar-refractivity contribution < 1.29 is 5.11 Å². The Bertz CT molecular complexity index is 1110. The molecule has 0 aliphatic rings. The van der Waals surface area contributed by atoms with Crippen molar-refractivity contribution in [3.05, 3.63) is 59.7 Å². The third kappa shape index (κ3) is 3.19. The Kier molecular flexibility index (Phi) is 4.19. The fourth-order valence-electron chi connectivity index (χ4n) is 3.31. The van der Waals surface area contributed by atoms with Crippen molar-refractivity contribution >= 4 is 11.0 Å². The van der Waals surface area contributed by atoms with Gasteiger partial charge in [0.05, 0.1) is 35.7 Å². The van der Waals surface area contributed by atoms with Crippen molar-refractivity contribution in [1.29, 1.82) is 0 Å². The first-order chi connectivity index (χ1) is 12.9. The molecule has 0 aliphatic carbocycles. The maximum Gasteiger partial charge on any atom is 0.155 e. The first kappa shape index (κ1) is 17.6. The highest BCUT2D eigenvalue weighted by Crippen LogP contribution is 2.26. The van der Waals surface area contributed by atoms with E-state index >= 15 is 0 Å². The Morgan fingerprint density at radius 1 is 1.07 bits per heavy atom. The first-order valence-corrected chi connectivity index (χ1v) is 9.16. The molecule has 4 aromatic rings. The highest BCUT2D eigenvalue weighted by Gasteiger charge is 2.26. The number of rotatable bonds is 5. The van der Waals surface area contributed by atoms with Crippen LogP contribution in [0.3, 0.4) is 0 Å². The Hall–Kier alpha value is -2.80. The summed E-state index contributed by atoms with van der Waals surface area (Å²) in [6.07, 6.45) is 6.50. The van der Waals surface area contributed by atoms with Gasteiger partial charge in [-0.15, -0.1) is 0 Å². The molecular weight excluding hydrogens is 340 g/mol. The minimum atomic E-state index is -0.273. The zero-order chi connectivity index (χ0) is 19.2. The SMILES string of the molecule is CC(C)c1ncc2cc(CC(C)(C)c3ncc4ccc(CO)n4n3)cn2n1. The number of hydrogen-bond acceptors (Lipinski definition) is 5. The standard InChI is InChI=1S/C20H24N6O/c1-13(2)18-21-10-17-7-14(11-25(17)23-18)8-20(3,4)19-22-9-15-5-6-16(12-27)26(15)24-19/h5-7,9-11,13,27H,8,12H2,1-4H3. The molecule has 4 heterocycles. The topological polar surface area (TPSA) is 80.6 Å².